The number of nitrogens with one attached hydrogen (secondary N) is 2. The molecule has 0 spiro atoms. The summed E-state index contributed by atoms with van der Waals surface area (Å²) in [6, 6.07) is 6.53. The third-order valence-corrected chi connectivity index (χ3v) is 4.21. The van der Waals surface area contributed by atoms with Gasteiger partial charge in [0.15, 0.2) is 11.5 Å². The smallest absolute Gasteiger partial charge is 0.161 e. The maximum atomic E-state index is 10.1. The van der Waals surface area contributed by atoms with E-state index in [9.17, 15) is 10.2 Å². The average molecular weight is 397 g/mol. The molecular formula is C22H40N2O4. The molecule has 6 nitrogen and oxygen atoms in total. The summed E-state index contributed by atoms with van der Waals surface area (Å²) in [6.07, 6.45) is 2.01. The van der Waals surface area contributed by atoms with Crippen LogP contribution in [0.1, 0.15) is 53.0 Å². The molecule has 0 heterocycles. The third-order valence-electron chi connectivity index (χ3n) is 4.21. The van der Waals surface area contributed by atoms with Gasteiger partial charge in [-0.05, 0) is 30.5 Å². The van der Waals surface area contributed by atoms with Crippen LogP contribution in [0.2, 0.25) is 0 Å². The number of benzene rings is 1. The number of hydrogen-bond acceptors (Lipinski definition) is 6. The molecule has 0 bridgehead atoms. The molecule has 0 saturated carbocycles. The molecule has 0 aliphatic carbocycles. The zero-order valence-electron chi connectivity index (χ0n) is 18.2. The van der Waals surface area contributed by atoms with Crippen molar-refractivity contribution in [2.45, 2.75) is 78.2 Å². The Kier molecular flexibility index (Phi) is 12.1. The number of rotatable bonds is 15. The zero-order chi connectivity index (χ0) is 20.9. The molecule has 162 valence electrons. The second-order valence-corrected chi connectivity index (χ2v) is 7.94. The topological polar surface area (TPSA) is 83.0 Å². The molecule has 2 unspecified atom stereocenters. The van der Waals surface area contributed by atoms with Gasteiger partial charge < -0.3 is 30.3 Å². The quantitative estimate of drug-likeness (QED) is 0.365. The lowest BCUT2D eigenvalue weighted by molar-refractivity contribution is 0.0909. The first-order chi connectivity index (χ1) is 13.3. The zero-order valence-corrected chi connectivity index (χ0v) is 18.2. The number of aliphatic hydroxyl groups excluding tert-OH is 2. The maximum Gasteiger partial charge on any atom is 0.161 e. The number of hydrogen-bond donors (Lipinski definition) is 4. The summed E-state index contributed by atoms with van der Waals surface area (Å²) in [4.78, 5) is 0. The minimum atomic E-state index is -0.601. The summed E-state index contributed by atoms with van der Waals surface area (Å²) in [5.74, 6) is 1.20. The Balaban J connectivity index is 2.69. The van der Waals surface area contributed by atoms with Crippen molar-refractivity contribution in [3.05, 3.63) is 23.8 Å². The van der Waals surface area contributed by atoms with Crippen molar-refractivity contribution in [2.75, 3.05) is 26.3 Å². The number of unbranched alkanes of at least 4 members (excludes halogenated alkanes) is 1. The van der Waals surface area contributed by atoms with Crippen molar-refractivity contribution in [3.63, 3.8) is 0 Å². The highest BCUT2D eigenvalue weighted by Crippen LogP contribution is 2.29. The number of aryl methyl sites for hydroxylation is 1. The Morgan fingerprint density at radius 2 is 1.39 bits per heavy atom. The predicted molar refractivity (Wildman–Crippen MR) is 114 cm³/mol. The molecule has 4 N–H and O–H groups in total. The maximum absolute atomic E-state index is 10.1. The fourth-order valence-electron chi connectivity index (χ4n) is 2.55. The van der Waals surface area contributed by atoms with E-state index in [4.69, 9.17) is 9.47 Å². The van der Waals surface area contributed by atoms with Crippen molar-refractivity contribution in [3.8, 4) is 11.5 Å². The van der Waals surface area contributed by atoms with Gasteiger partial charge in [0.1, 0.15) is 25.4 Å². The molecule has 1 aromatic rings. The number of ether oxygens (including phenoxy) is 2. The second kappa shape index (κ2) is 13.8. The summed E-state index contributed by atoms with van der Waals surface area (Å²) in [7, 11) is 0. The molecule has 1 aromatic carbocycles. The van der Waals surface area contributed by atoms with E-state index < -0.39 is 12.2 Å². The Labute approximate surface area is 170 Å². The van der Waals surface area contributed by atoms with Crippen molar-refractivity contribution in [1.29, 1.82) is 0 Å². The lowest BCUT2D eigenvalue weighted by Crippen LogP contribution is -2.35. The third kappa shape index (κ3) is 10.9. The summed E-state index contributed by atoms with van der Waals surface area (Å²) in [5.41, 5.74) is 1.18. The minimum Gasteiger partial charge on any atom is -0.487 e. The molecule has 2 atom stereocenters. The Hall–Kier alpha value is -1.34. The molecule has 1 rings (SSSR count). The molecule has 0 aliphatic heterocycles. The second-order valence-electron chi connectivity index (χ2n) is 7.94. The van der Waals surface area contributed by atoms with Gasteiger partial charge in [-0.2, -0.15) is 0 Å². The van der Waals surface area contributed by atoms with E-state index in [1.807, 2.05) is 45.9 Å². The predicted octanol–water partition coefficient (Wildman–Crippen LogP) is 2.50. The molecule has 0 radical (unpaired) electrons. The Morgan fingerprint density at radius 3 is 1.89 bits per heavy atom. The Morgan fingerprint density at radius 1 is 0.857 bits per heavy atom. The molecule has 0 saturated heterocycles. The van der Waals surface area contributed by atoms with Crippen LogP contribution in [0.3, 0.4) is 0 Å². The van der Waals surface area contributed by atoms with Crippen LogP contribution in [0.25, 0.3) is 0 Å². The van der Waals surface area contributed by atoms with Crippen LogP contribution in [0, 0.1) is 0 Å². The van der Waals surface area contributed by atoms with Gasteiger partial charge in [-0.15, -0.1) is 0 Å². The van der Waals surface area contributed by atoms with E-state index in [2.05, 4.69) is 17.6 Å². The molecule has 0 amide bonds. The highest BCUT2D eigenvalue weighted by atomic mass is 16.5. The molecule has 6 heteroatoms. The Bertz CT molecular complexity index is 537. The van der Waals surface area contributed by atoms with E-state index in [1.54, 1.807) is 0 Å². The highest BCUT2D eigenvalue weighted by Gasteiger charge is 2.13. The van der Waals surface area contributed by atoms with Gasteiger partial charge in [0, 0.05) is 25.2 Å². The SMILES string of the molecule is CCCCc1ccc(OCC(O)CNC(C)C)c(OCC(O)CNC(C)C)c1. The van der Waals surface area contributed by atoms with Crippen LogP contribution in [0.5, 0.6) is 11.5 Å². The monoisotopic (exact) mass is 396 g/mol. The van der Waals surface area contributed by atoms with Gasteiger partial charge in [-0.25, -0.2) is 0 Å². The summed E-state index contributed by atoms with van der Waals surface area (Å²) >= 11 is 0. The van der Waals surface area contributed by atoms with E-state index in [0.29, 0.717) is 36.7 Å². The van der Waals surface area contributed by atoms with Gasteiger partial charge >= 0.3 is 0 Å². The van der Waals surface area contributed by atoms with Crippen molar-refractivity contribution in [1.82, 2.24) is 10.6 Å². The summed E-state index contributed by atoms with van der Waals surface area (Å²) < 4.78 is 11.7. The first-order valence-corrected chi connectivity index (χ1v) is 10.5. The van der Waals surface area contributed by atoms with E-state index >= 15 is 0 Å². The standard InChI is InChI=1S/C22H40N2O4/c1-6-7-8-18-9-10-21(27-14-19(25)12-23-16(2)3)22(11-18)28-15-20(26)13-24-17(4)5/h9-11,16-17,19-20,23-26H,6-8,12-15H2,1-5H3. The van der Waals surface area contributed by atoms with Crippen molar-refractivity contribution in [2.24, 2.45) is 0 Å². The normalized spacial score (nSPS) is 13.8. The molecule has 0 aliphatic rings. The van der Waals surface area contributed by atoms with Crippen molar-refractivity contribution < 1.29 is 19.7 Å². The van der Waals surface area contributed by atoms with Crippen LogP contribution in [0.15, 0.2) is 18.2 Å². The van der Waals surface area contributed by atoms with Crippen LogP contribution in [0.4, 0.5) is 0 Å². The van der Waals surface area contributed by atoms with Crippen LogP contribution in [-0.2, 0) is 6.42 Å². The van der Waals surface area contributed by atoms with E-state index in [-0.39, 0.29) is 13.2 Å². The minimum absolute atomic E-state index is 0.182. The molecular weight excluding hydrogens is 356 g/mol. The first kappa shape index (κ1) is 24.7. The van der Waals surface area contributed by atoms with Gasteiger partial charge in [-0.3, -0.25) is 0 Å². The van der Waals surface area contributed by atoms with Gasteiger partial charge in [0.25, 0.3) is 0 Å². The van der Waals surface area contributed by atoms with Gasteiger partial charge in [0.05, 0.1) is 0 Å². The molecule has 28 heavy (non-hydrogen) atoms. The fourth-order valence-corrected chi connectivity index (χ4v) is 2.55. The number of aliphatic hydroxyl groups is 2. The molecule has 0 aromatic heterocycles. The highest BCUT2D eigenvalue weighted by molar-refractivity contribution is 5.43. The van der Waals surface area contributed by atoms with Gasteiger partial charge in [0.2, 0.25) is 0 Å². The molecule has 0 fully saturated rings. The van der Waals surface area contributed by atoms with E-state index in [1.165, 1.54) is 5.56 Å². The van der Waals surface area contributed by atoms with Crippen LogP contribution in [-0.4, -0.2) is 60.8 Å². The van der Waals surface area contributed by atoms with Crippen LogP contribution >= 0.6 is 0 Å². The average Bonchev–Trinajstić information content (AvgIpc) is 2.66. The van der Waals surface area contributed by atoms with Crippen molar-refractivity contribution >= 4 is 0 Å². The summed E-state index contributed by atoms with van der Waals surface area (Å²) in [6.45, 7) is 11.6. The summed E-state index contributed by atoms with van der Waals surface area (Å²) in [5, 5.41) is 26.6. The first-order valence-electron chi connectivity index (χ1n) is 10.5. The lowest BCUT2D eigenvalue weighted by atomic mass is 10.1. The van der Waals surface area contributed by atoms with E-state index in [0.717, 1.165) is 19.3 Å². The van der Waals surface area contributed by atoms with Gasteiger partial charge in [-0.1, -0.05) is 47.1 Å². The fraction of sp³-hybridized carbons (Fsp3) is 0.727. The van der Waals surface area contributed by atoms with Crippen LogP contribution < -0.4 is 20.1 Å². The lowest BCUT2D eigenvalue weighted by Gasteiger charge is -2.19. The largest absolute Gasteiger partial charge is 0.487 e.